The van der Waals surface area contributed by atoms with E-state index in [-0.39, 0.29) is 50.9 Å². The summed E-state index contributed by atoms with van der Waals surface area (Å²) in [5.74, 6) is 0.895. The molecule has 1 fully saturated rings. The average Bonchev–Trinajstić information content (AvgIpc) is 3.14. The molecular weight excluding hydrogens is 466 g/mol. The van der Waals surface area contributed by atoms with E-state index in [1.807, 2.05) is 11.8 Å². The van der Waals surface area contributed by atoms with E-state index >= 15 is 0 Å². The van der Waals surface area contributed by atoms with Gasteiger partial charge in [0.15, 0.2) is 5.82 Å². The molecule has 0 aliphatic carbocycles. The number of piperazine rings is 1. The lowest BCUT2D eigenvalue weighted by atomic mass is 10.1. The second-order valence-corrected chi connectivity index (χ2v) is 9.21. The predicted molar refractivity (Wildman–Crippen MR) is 98.8 cm³/mol. The van der Waals surface area contributed by atoms with Gasteiger partial charge in [-0.25, -0.2) is 8.42 Å². The van der Waals surface area contributed by atoms with Gasteiger partial charge in [-0.05, 0) is 24.6 Å². The minimum Gasteiger partial charge on any atom is -0.339 e. The second kappa shape index (κ2) is 8.98. The molecule has 14 heteroatoms. The van der Waals surface area contributed by atoms with Crippen molar-refractivity contribution in [1.29, 1.82) is 0 Å². The summed E-state index contributed by atoms with van der Waals surface area (Å²) in [5.41, 5.74) is -3.35. The number of nitrogens with zero attached hydrogens (tertiary/aromatic N) is 4. The lowest BCUT2D eigenvalue weighted by Crippen LogP contribution is -2.48. The van der Waals surface area contributed by atoms with Crippen molar-refractivity contribution in [2.75, 3.05) is 26.2 Å². The number of rotatable bonds is 6. The van der Waals surface area contributed by atoms with Crippen LogP contribution in [-0.4, -0.2) is 53.9 Å². The van der Waals surface area contributed by atoms with Crippen LogP contribution >= 0.6 is 0 Å². The van der Waals surface area contributed by atoms with E-state index in [1.165, 1.54) is 0 Å². The maximum Gasteiger partial charge on any atom is 0.416 e. The van der Waals surface area contributed by atoms with Gasteiger partial charge in [0.2, 0.25) is 15.9 Å². The molecule has 1 aromatic carbocycles. The lowest BCUT2D eigenvalue weighted by Gasteiger charge is -2.33. The molecule has 0 amide bonds. The van der Waals surface area contributed by atoms with Gasteiger partial charge in [0.1, 0.15) is 0 Å². The van der Waals surface area contributed by atoms with Gasteiger partial charge in [-0.1, -0.05) is 12.1 Å². The van der Waals surface area contributed by atoms with Crippen molar-refractivity contribution in [1.82, 2.24) is 19.3 Å². The van der Waals surface area contributed by atoms with Crippen molar-refractivity contribution in [2.24, 2.45) is 0 Å². The molecule has 0 unspecified atom stereocenters. The first-order valence-electron chi connectivity index (χ1n) is 9.64. The Morgan fingerprint density at radius 2 is 1.53 bits per heavy atom. The smallest absolute Gasteiger partial charge is 0.339 e. The highest BCUT2D eigenvalue weighted by molar-refractivity contribution is 7.89. The van der Waals surface area contributed by atoms with Crippen molar-refractivity contribution in [3.63, 3.8) is 0 Å². The Labute approximate surface area is 180 Å². The Balaban J connectivity index is 1.76. The van der Waals surface area contributed by atoms with Gasteiger partial charge in [-0.3, -0.25) is 4.90 Å². The molecule has 1 saturated heterocycles. The number of hydrogen-bond acceptors (Lipinski definition) is 6. The maximum atomic E-state index is 13.1. The Morgan fingerprint density at radius 3 is 2.03 bits per heavy atom. The highest BCUT2D eigenvalue weighted by Gasteiger charge is 2.39. The van der Waals surface area contributed by atoms with E-state index in [0.717, 1.165) is 10.7 Å². The van der Waals surface area contributed by atoms with Crippen LogP contribution in [0.15, 0.2) is 27.6 Å². The van der Waals surface area contributed by atoms with Crippen molar-refractivity contribution in [3.05, 3.63) is 41.0 Å². The SMILES string of the molecule is CCCc1nc(CN2CCN(S(=O)(=O)c3cc(C(F)(F)F)cc(C(F)(F)F)c3)CC2)no1. The second-order valence-electron chi connectivity index (χ2n) is 7.28. The van der Waals surface area contributed by atoms with Gasteiger partial charge in [0.25, 0.3) is 0 Å². The molecule has 2 aromatic rings. The van der Waals surface area contributed by atoms with E-state index in [4.69, 9.17) is 4.52 Å². The van der Waals surface area contributed by atoms with Crippen LogP contribution in [0, 0.1) is 0 Å². The van der Waals surface area contributed by atoms with Crippen molar-refractivity contribution >= 4 is 10.0 Å². The Hall–Kier alpha value is -2.19. The van der Waals surface area contributed by atoms with Crippen LogP contribution in [0.2, 0.25) is 0 Å². The molecule has 7 nitrogen and oxygen atoms in total. The van der Waals surface area contributed by atoms with Gasteiger partial charge in [-0.15, -0.1) is 0 Å². The summed E-state index contributed by atoms with van der Waals surface area (Å²) in [5, 5.41) is 3.84. The van der Waals surface area contributed by atoms with E-state index in [0.29, 0.717) is 18.1 Å². The zero-order chi connectivity index (χ0) is 23.7. The number of hydrogen-bond donors (Lipinski definition) is 0. The van der Waals surface area contributed by atoms with Gasteiger partial charge in [0.05, 0.1) is 22.6 Å². The van der Waals surface area contributed by atoms with Crippen LogP contribution in [0.1, 0.15) is 36.2 Å². The summed E-state index contributed by atoms with van der Waals surface area (Å²) < 4.78 is 110. The van der Waals surface area contributed by atoms with E-state index in [1.54, 1.807) is 0 Å². The number of alkyl halides is 6. The number of halogens is 6. The number of aryl methyl sites for hydroxylation is 1. The molecule has 0 N–H and O–H groups in total. The van der Waals surface area contributed by atoms with Crippen molar-refractivity contribution in [2.45, 2.75) is 43.6 Å². The molecule has 1 aliphatic rings. The fourth-order valence-corrected chi connectivity index (χ4v) is 4.72. The Bertz CT molecular complexity index is 1010. The normalized spacial score (nSPS) is 17.1. The lowest BCUT2D eigenvalue weighted by molar-refractivity contribution is -0.143. The average molecular weight is 486 g/mol. The highest BCUT2D eigenvalue weighted by atomic mass is 32.2. The van der Waals surface area contributed by atoms with Gasteiger partial charge in [0, 0.05) is 32.6 Å². The van der Waals surface area contributed by atoms with Crippen LogP contribution < -0.4 is 0 Å². The third-order valence-corrected chi connectivity index (χ3v) is 6.75. The van der Waals surface area contributed by atoms with Crippen molar-refractivity contribution < 1.29 is 39.3 Å². The molecule has 1 aliphatic heterocycles. The molecule has 3 rings (SSSR count). The third kappa shape index (κ3) is 5.59. The molecule has 178 valence electrons. The van der Waals surface area contributed by atoms with Crippen molar-refractivity contribution in [3.8, 4) is 0 Å². The molecule has 0 spiro atoms. The third-order valence-electron chi connectivity index (χ3n) is 4.87. The van der Waals surface area contributed by atoms with Crippen LogP contribution in [0.4, 0.5) is 26.3 Å². The fourth-order valence-electron chi connectivity index (χ4n) is 3.22. The summed E-state index contributed by atoms with van der Waals surface area (Å²) in [7, 11) is -4.57. The van der Waals surface area contributed by atoms with E-state index < -0.39 is 38.4 Å². The van der Waals surface area contributed by atoms with Crippen LogP contribution in [0.5, 0.6) is 0 Å². The minimum absolute atomic E-state index is 0.103. The zero-order valence-corrected chi connectivity index (χ0v) is 17.7. The number of benzene rings is 1. The summed E-state index contributed by atoms with van der Waals surface area (Å²) in [6, 6.07) is 0.353. The first-order valence-corrected chi connectivity index (χ1v) is 11.1. The standard InChI is InChI=1S/C18H20F6N4O3S/c1-2-3-16-25-15(26-31-16)11-27-4-6-28(7-5-27)32(29,30)14-9-12(17(19,20)21)8-13(10-14)18(22,23)24/h8-10H,2-7,11H2,1H3. The highest BCUT2D eigenvalue weighted by Crippen LogP contribution is 2.37. The maximum absolute atomic E-state index is 13.1. The summed E-state index contributed by atoms with van der Waals surface area (Å²) in [4.78, 5) is 4.98. The largest absolute Gasteiger partial charge is 0.416 e. The Kier molecular flexibility index (Phi) is 6.86. The zero-order valence-electron chi connectivity index (χ0n) is 16.9. The predicted octanol–water partition coefficient (Wildman–Crippen LogP) is 3.57. The van der Waals surface area contributed by atoms with Gasteiger partial charge >= 0.3 is 12.4 Å². The number of sulfonamides is 1. The first kappa shape index (κ1) is 24.5. The van der Waals surface area contributed by atoms with Gasteiger partial charge < -0.3 is 4.52 Å². The quantitative estimate of drug-likeness (QED) is 0.581. The van der Waals surface area contributed by atoms with Gasteiger partial charge in [-0.2, -0.15) is 35.6 Å². The molecule has 0 saturated carbocycles. The molecule has 32 heavy (non-hydrogen) atoms. The fraction of sp³-hybridized carbons (Fsp3) is 0.556. The van der Waals surface area contributed by atoms with Crippen LogP contribution in [0.25, 0.3) is 0 Å². The van der Waals surface area contributed by atoms with Crippen LogP contribution in [-0.2, 0) is 35.3 Å². The summed E-state index contributed by atoms with van der Waals surface area (Å²) in [6.45, 7) is 2.40. The first-order chi connectivity index (χ1) is 14.8. The monoisotopic (exact) mass is 486 g/mol. The molecule has 2 heterocycles. The van der Waals surface area contributed by atoms with E-state index in [2.05, 4.69) is 10.1 Å². The molecular formula is C18H20F6N4O3S. The topological polar surface area (TPSA) is 79.5 Å². The van der Waals surface area contributed by atoms with E-state index in [9.17, 15) is 34.8 Å². The molecule has 1 aromatic heterocycles. The summed E-state index contributed by atoms with van der Waals surface area (Å²) in [6.07, 6.45) is -8.82. The molecule has 0 radical (unpaired) electrons. The van der Waals surface area contributed by atoms with Crippen LogP contribution in [0.3, 0.4) is 0 Å². The molecule has 0 bridgehead atoms. The molecule has 0 atom stereocenters. The Morgan fingerprint density at radius 1 is 0.969 bits per heavy atom. The minimum atomic E-state index is -5.13. The summed E-state index contributed by atoms with van der Waals surface area (Å²) >= 11 is 0. The number of aromatic nitrogens is 2.